The molecule has 0 fully saturated rings. The molecule has 9 heteroatoms. The first-order valence-electron chi connectivity index (χ1n) is 10.1. The number of nitrogens with one attached hydrogen (secondary N) is 1. The number of hydrogen-bond donors (Lipinski definition) is 2. The summed E-state index contributed by atoms with van der Waals surface area (Å²) in [6.07, 6.45) is 1.64. The third-order valence-corrected chi connectivity index (χ3v) is 5.31. The fourth-order valence-electron chi connectivity index (χ4n) is 3.58. The first kappa shape index (κ1) is 21.4. The van der Waals surface area contributed by atoms with E-state index in [1.54, 1.807) is 36.1 Å². The molecule has 1 aromatic carbocycles. The summed E-state index contributed by atoms with van der Waals surface area (Å²) in [4.78, 5) is 30.9. The molecule has 0 saturated carbocycles. The fourth-order valence-corrected chi connectivity index (χ4v) is 3.58. The maximum atomic E-state index is 13.2. The Balaban J connectivity index is 1.83. The number of fused-ring (bicyclic) bond motifs is 2. The number of halogens is 1. The number of benzene rings is 1. The summed E-state index contributed by atoms with van der Waals surface area (Å²) in [5, 5.41) is 3.04. The van der Waals surface area contributed by atoms with E-state index in [2.05, 4.69) is 10.3 Å². The van der Waals surface area contributed by atoms with Gasteiger partial charge in [0.1, 0.15) is 16.8 Å². The van der Waals surface area contributed by atoms with Crippen LogP contribution in [-0.4, -0.2) is 29.0 Å². The number of anilines is 1. The van der Waals surface area contributed by atoms with Gasteiger partial charge < -0.3 is 15.8 Å². The maximum Gasteiger partial charge on any atom is 0.278 e. The van der Waals surface area contributed by atoms with E-state index < -0.39 is 5.91 Å². The molecule has 0 atom stereocenters. The molecule has 0 saturated heterocycles. The van der Waals surface area contributed by atoms with Crippen molar-refractivity contribution in [1.29, 1.82) is 0 Å². The summed E-state index contributed by atoms with van der Waals surface area (Å²) >= 11 is 0. The van der Waals surface area contributed by atoms with Gasteiger partial charge in [-0.25, -0.2) is 8.96 Å². The van der Waals surface area contributed by atoms with Crippen molar-refractivity contribution in [2.24, 2.45) is 0 Å². The second-order valence-corrected chi connectivity index (χ2v) is 7.44. The lowest BCUT2D eigenvalue weighted by Crippen LogP contribution is -2.44. The Morgan fingerprint density at radius 1 is 1.28 bits per heavy atom. The van der Waals surface area contributed by atoms with E-state index in [0.29, 0.717) is 24.4 Å². The van der Waals surface area contributed by atoms with Crippen molar-refractivity contribution in [2.45, 2.75) is 20.0 Å². The summed E-state index contributed by atoms with van der Waals surface area (Å²) in [5.74, 6) is -0.627. The first-order chi connectivity index (χ1) is 15.4. The minimum Gasteiger partial charge on any atom is -0.381 e. The van der Waals surface area contributed by atoms with E-state index in [1.807, 2.05) is 13.0 Å². The standard InChI is InChI=1S/C23H22FN5O3/c1-14-4-3-9-29-20(14)27-21-18(23(29)31)12-17(19(25)28(21)10-11-32-2)22(30)26-13-15-5-7-16(24)8-6-15/h3-9,12,25H,10-11,13H2,1-2H3,(H,26,30)/p+1. The molecule has 8 nitrogen and oxygen atoms in total. The van der Waals surface area contributed by atoms with Crippen LogP contribution in [0.4, 0.5) is 10.2 Å². The van der Waals surface area contributed by atoms with Crippen LogP contribution >= 0.6 is 0 Å². The predicted molar refractivity (Wildman–Crippen MR) is 118 cm³/mol. The number of amides is 1. The lowest BCUT2D eigenvalue weighted by molar-refractivity contribution is -0.660. The molecule has 0 spiro atoms. The second-order valence-electron chi connectivity index (χ2n) is 7.44. The Hall–Kier alpha value is -3.85. The quantitative estimate of drug-likeness (QED) is 0.354. The summed E-state index contributed by atoms with van der Waals surface area (Å²) in [5.41, 5.74) is 8.69. The number of nitrogens with zero attached hydrogens (tertiary/aromatic N) is 3. The SMILES string of the molecule is COCC[n+]1c(N)c(C(=O)NCc2ccc(F)cc2)cc2c(=O)n3cccc(C)c3nc21. The monoisotopic (exact) mass is 436 g/mol. The van der Waals surface area contributed by atoms with Crippen LogP contribution in [0.3, 0.4) is 0 Å². The Morgan fingerprint density at radius 2 is 2.03 bits per heavy atom. The van der Waals surface area contributed by atoms with Crippen molar-refractivity contribution < 1.29 is 18.5 Å². The third kappa shape index (κ3) is 3.90. The zero-order valence-corrected chi connectivity index (χ0v) is 17.8. The van der Waals surface area contributed by atoms with Gasteiger partial charge in [0, 0.05) is 25.4 Å². The number of carbonyl (C=O) groups is 1. The molecule has 0 unspecified atom stereocenters. The molecular formula is C23H23FN5O3+. The highest BCUT2D eigenvalue weighted by molar-refractivity contribution is 6.00. The predicted octanol–water partition coefficient (Wildman–Crippen LogP) is 1.74. The van der Waals surface area contributed by atoms with E-state index >= 15 is 0 Å². The largest absolute Gasteiger partial charge is 0.381 e. The second kappa shape index (κ2) is 8.72. The summed E-state index contributed by atoms with van der Waals surface area (Å²) in [6, 6.07) is 10.9. The number of nitrogens with two attached hydrogens (primary N) is 1. The summed E-state index contributed by atoms with van der Waals surface area (Å²) in [7, 11) is 1.56. The van der Waals surface area contributed by atoms with Crippen molar-refractivity contribution in [3.05, 3.63) is 81.5 Å². The van der Waals surface area contributed by atoms with Gasteiger partial charge in [-0.15, -0.1) is 0 Å². The average Bonchev–Trinajstić information content (AvgIpc) is 2.78. The van der Waals surface area contributed by atoms with Gasteiger partial charge in [-0.05, 0) is 36.8 Å². The van der Waals surface area contributed by atoms with Gasteiger partial charge in [-0.3, -0.25) is 14.0 Å². The Kier molecular flexibility index (Phi) is 5.83. The highest BCUT2D eigenvalue weighted by atomic mass is 19.1. The minimum absolute atomic E-state index is 0.155. The van der Waals surface area contributed by atoms with Crippen LogP contribution in [0.15, 0.2) is 53.5 Å². The van der Waals surface area contributed by atoms with Crippen molar-refractivity contribution in [3.63, 3.8) is 0 Å². The summed E-state index contributed by atoms with van der Waals surface area (Å²) < 4.78 is 21.4. The van der Waals surface area contributed by atoms with Crippen molar-refractivity contribution >= 4 is 28.4 Å². The van der Waals surface area contributed by atoms with Crippen molar-refractivity contribution in [3.8, 4) is 0 Å². The molecule has 0 bridgehead atoms. The zero-order valence-electron chi connectivity index (χ0n) is 17.8. The molecule has 164 valence electrons. The van der Waals surface area contributed by atoms with Gasteiger partial charge in [0.25, 0.3) is 17.1 Å². The lowest BCUT2D eigenvalue weighted by atomic mass is 10.1. The number of rotatable bonds is 6. The number of hydrogen-bond acceptors (Lipinski definition) is 5. The number of aryl methyl sites for hydroxylation is 1. The van der Waals surface area contributed by atoms with E-state index in [4.69, 9.17) is 10.5 Å². The molecule has 32 heavy (non-hydrogen) atoms. The zero-order chi connectivity index (χ0) is 22.8. The molecule has 0 radical (unpaired) electrons. The smallest absolute Gasteiger partial charge is 0.278 e. The normalized spacial score (nSPS) is 11.2. The van der Waals surface area contributed by atoms with E-state index in [1.165, 1.54) is 22.6 Å². The molecule has 3 N–H and O–H groups in total. The molecule has 0 aliphatic heterocycles. The Morgan fingerprint density at radius 3 is 2.75 bits per heavy atom. The molecule has 4 aromatic rings. The van der Waals surface area contributed by atoms with Gasteiger partial charge >= 0.3 is 0 Å². The van der Waals surface area contributed by atoms with Crippen LogP contribution in [0.5, 0.6) is 0 Å². The van der Waals surface area contributed by atoms with Crippen LogP contribution in [0.25, 0.3) is 16.7 Å². The van der Waals surface area contributed by atoms with Crippen LogP contribution in [0.1, 0.15) is 21.5 Å². The number of carbonyl (C=O) groups excluding carboxylic acids is 1. The van der Waals surface area contributed by atoms with Crippen molar-refractivity contribution in [1.82, 2.24) is 14.7 Å². The first-order valence-corrected chi connectivity index (χ1v) is 10.1. The number of pyridine rings is 2. The van der Waals surface area contributed by atoms with Gasteiger partial charge in [-0.2, -0.15) is 0 Å². The van der Waals surface area contributed by atoms with E-state index in [0.717, 1.165) is 11.1 Å². The molecule has 1 amide bonds. The van der Waals surface area contributed by atoms with E-state index in [9.17, 15) is 14.0 Å². The number of methoxy groups -OCH3 is 1. The van der Waals surface area contributed by atoms with Crippen LogP contribution in [0, 0.1) is 12.7 Å². The molecular weight excluding hydrogens is 413 g/mol. The highest BCUT2D eigenvalue weighted by Crippen LogP contribution is 2.16. The Bertz CT molecular complexity index is 1380. The van der Waals surface area contributed by atoms with Crippen LogP contribution in [0.2, 0.25) is 0 Å². The Labute approximate surface area is 183 Å². The van der Waals surface area contributed by atoms with Gasteiger partial charge in [-0.1, -0.05) is 23.2 Å². The van der Waals surface area contributed by atoms with Gasteiger partial charge in [0.05, 0.1) is 13.2 Å². The topological polar surface area (TPSA) is 103 Å². The van der Waals surface area contributed by atoms with Crippen LogP contribution < -0.4 is 21.2 Å². The molecule has 4 rings (SSSR count). The molecule has 3 aromatic heterocycles. The average molecular weight is 436 g/mol. The summed E-state index contributed by atoms with van der Waals surface area (Å²) in [6.45, 7) is 2.68. The van der Waals surface area contributed by atoms with Crippen molar-refractivity contribution in [2.75, 3.05) is 19.5 Å². The molecule has 0 aliphatic carbocycles. The lowest BCUT2D eigenvalue weighted by Gasteiger charge is -2.12. The van der Waals surface area contributed by atoms with Gasteiger partial charge in [0.15, 0.2) is 0 Å². The highest BCUT2D eigenvalue weighted by Gasteiger charge is 2.24. The van der Waals surface area contributed by atoms with Crippen LogP contribution in [-0.2, 0) is 17.8 Å². The molecule has 0 aliphatic rings. The number of aromatic nitrogens is 3. The third-order valence-electron chi connectivity index (χ3n) is 5.31. The maximum absolute atomic E-state index is 13.2. The number of ether oxygens (including phenoxy) is 1. The minimum atomic E-state index is -0.450. The van der Waals surface area contributed by atoms with Gasteiger partial charge in [0.2, 0.25) is 11.5 Å². The fraction of sp³-hybridized carbons (Fsp3) is 0.217. The van der Waals surface area contributed by atoms with E-state index in [-0.39, 0.29) is 34.7 Å². The molecule has 3 heterocycles. The number of nitrogen functional groups attached to an aromatic ring is 1.